The second-order valence-corrected chi connectivity index (χ2v) is 4.59. The molecule has 0 aliphatic carbocycles. The van der Waals surface area contributed by atoms with Crippen LogP contribution in [-0.4, -0.2) is 19.0 Å². The SMILES string of the molecule is COC(=O)c1ccccc1NC(=O)c1ccc(CCl)cc1. The summed E-state index contributed by atoms with van der Waals surface area (Å²) in [6.07, 6.45) is 0. The number of alkyl halides is 1. The van der Waals surface area contributed by atoms with Gasteiger partial charge in [-0.15, -0.1) is 11.6 Å². The van der Waals surface area contributed by atoms with E-state index in [1.54, 1.807) is 48.5 Å². The minimum Gasteiger partial charge on any atom is -0.465 e. The molecule has 2 aromatic rings. The van der Waals surface area contributed by atoms with Crippen LogP contribution in [0.3, 0.4) is 0 Å². The largest absolute Gasteiger partial charge is 0.465 e. The molecule has 0 spiro atoms. The van der Waals surface area contributed by atoms with Gasteiger partial charge in [-0.3, -0.25) is 4.79 Å². The van der Waals surface area contributed by atoms with Gasteiger partial charge in [0.2, 0.25) is 0 Å². The smallest absolute Gasteiger partial charge is 0.339 e. The molecule has 0 radical (unpaired) electrons. The topological polar surface area (TPSA) is 55.4 Å². The van der Waals surface area contributed by atoms with E-state index in [-0.39, 0.29) is 5.91 Å². The third-order valence-corrected chi connectivity index (χ3v) is 3.26. The van der Waals surface area contributed by atoms with Gasteiger partial charge in [-0.25, -0.2) is 4.79 Å². The maximum atomic E-state index is 12.2. The lowest BCUT2D eigenvalue weighted by atomic mass is 10.1. The van der Waals surface area contributed by atoms with Crippen molar-refractivity contribution in [2.75, 3.05) is 12.4 Å². The van der Waals surface area contributed by atoms with Crippen LogP contribution in [0.15, 0.2) is 48.5 Å². The van der Waals surface area contributed by atoms with Crippen LogP contribution in [-0.2, 0) is 10.6 Å². The van der Waals surface area contributed by atoms with Gasteiger partial charge in [-0.05, 0) is 29.8 Å². The lowest BCUT2D eigenvalue weighted by Gasteiger charge is -2.09. The highest BCUT2D eigenvalue weighted by atomic mass is 35.5. The molecule has 0 aliphatic heterocycles. The molecule has 0 unspecified atom stereocenters. The zero-order chi connectivity index (χ0) is 15.2. The highest BCUT2D eigenvalue weighted by Gasteiger charge is 2.14. The molecule has 0 aromatic heterocycles. The van der Waals surface area contributed by atoms with Crippen LogP contribution in [0, 0.1) is 0 Å². The molecule has 0 aliphatic rings. The number of amides is 1. The molecule has 0 fully saturated rings. The summed E-state index contributed by atoms with van der Waals surface area (Å²) < 4.78 is 4.69. The fourth-order valence-electron chi connectivity index (χ4n) is 1.82. The molecule has 0 heterocycles. The minimum atomic E-state index is -0.497. The van der Waals surface area contributed by atoms with Gasteiger partial charge in [-0.1, -0.05) is 24.3 Å². The molecule has 0 atom stereocenters. The van der Waals surface area contributed by atoms with Crippen molar-refractivity contribution in [1.82, 2.24) is 0 Å². The van der Waals surface area contributed by atoms with Crippen molar-refractivity contribution in [3.63, 3.8) is 0 Å². The summed E-state index contributed by atoms with van der Waals surface area (Å²) in [5.41, 5.74) is 2.15. The second-order valence-electron chi connectivity index (χ2n) is 4.32. The standard InChI is InChI=1S/C16H14ClNO3/c1-21-16(20)13-4-2-3-5-14(13)18-15(19)12-8-6-11(10-17)7-9-12/h2-9H,10H2,1H3,(H,18,19). The van der Waals surface area contributed by atoms with Crippen LogP contribution in [0.25, 0.3) is 0 Å². The number of methoxy groups -OCH3 is 1. The number of hydrogen-bond acceptors (Lipinski definition) is 3. The summed E-state index contributed by atoms with van der Waals surface area (Å²) in [6.45, 7) is 0. The van der Waals surface area contributed by atoms with E-state index in [9.17, 15) is 9.59 Å². The lowest BCUT2D eigenvalue weighted by molar-refractivity contribution is 0.0602. The first-order chi connectivity index (χ1) is 10.2. The Balaban J connectivity index is 2.21. The Morgan fingerprint density at radius 2 is 1.76 bits per heavy atom. The zero-order valence-electron chi connectivity index (χ0n) is 11.4. The third kappa shape index (κ3) is 3.61. The number of anilines is 1. The predicted octanol–water partition coefficient (Wildman–Crippen LogP) is 3.46. The van der Waals surface area contributed by atoms with Crippen LogP contribution in [0.1, 0.15) is 26.3 Å². The van der Waals surface area contributed by atoms with Gasteiger partial charge in [0.15, 0.2) is 0 Å². The molecule has 108 valence electrons. The number of esters is 1. The molecule has 1 amide bonds. The molecule has 0 bridgehead atoms. The number of halogens is 1. The van der Waals surface area contributed by atoms with E-state index in [1.807, 2.05) is 0 Å². The number of benzene rings is 2. The molecular formula is C16H14ClNO3. The summed E-state index contributed by atoms with van der Waals surface area (Å²) in [6, 6.07) is 13.6. The Kier molecular flexibility index (Phi) is 4.95. The number of carbonyl (C=O) groups excluding carboxylic acids is 2. The van der Waals surface area contributed by atoms with Gasteiger partial charge < -0.3 is 10.1 Å². The first kappa shape index (κ1) is 15.1. The number of nitrogens with one attached hydrogen (secondary N) is 1. The average molecular weight is 304 g/mol. The fourth-order valence-corrected chi connectivity index (χ4v) is 2.00. The maximum Gasteiger partial charge on any atom is 0.339 e. The van der Waals surface area contributed by atoms with E-state index in [1.165, 1.54) is 7.11 Å². The average Bonchev–Trinajstić information content (AvgIpc) is 2.54. The Labute approximate surface area is 127 Å². The minimum absolute atomic E-state index is 0.299. The summed E-state index contributed by atoms with van der Waals surface area (Å²) in [5.74, 6) is -0.400. The fraction of sp³-hybridized carbons (Fsp3) is 0.125. The van der Waals surface area contributed by atoms with Crippen LogP contribution in [0.4, 0.5) is 5.69 Å². The number of carbonyl (C=O) groups is 2. The van der Waals surface area contributed by atoms with E-state index >= 15 is 0 Å². The van der Waals surface area contributed by atoms with E-state index in [4.69, 9.17) is 11.6 Å². The third-order valence-electron chi connectivity index (χ3n) is 2.95. The van der Waals surface area contributed by atoms with Crippen molar-refractivity contribution in [3.8, 4) is 0 Å². The number of hydrogen-bond donors (Lipinski definition) is 1. The number of ether oxygens (including phenoxy) is 1. The number of rotatable bonds is 4. The van der Waals surface area contributed by atoms with Crippen LogP contribution >= 0.6 is 11.6 Å². The highest BCUT2D eigenvalue weighted by Crippen LogP contribution is 2.17. The van der Waals surface area contributed by atoms with E-state index in [2.05, 4.69) is 10.1 Å². The molecule has 0 saturated carbocycles. The zero-order valence-corrected chi connectivity index (χ0v) is 12.2. The normalized spacial score (nSPS) is 10.0. The van der Waals surface area contributed by atoms with Gasteiger partial charge >= 0.3 is 5.97 Å². The van der Waals surface area contributed by atoms with Crippen molar-refractivity contribution in [1.29, 1.82) is 0 Å². The van der Waals surface area contributed by atoms with Gasteiger partial charge in [-0.2, -0.15) is 0 Å². The summed E-state index contributed by atoms with van der Waals surface area (Å²) in [4.78, 5) is 23.8. The van der Waals surface area contributed by atoms with E-state index in [0.29, 0.717) is 22.7 Å². The summed E-state index contributed by atoms with van der Waals surface area (Å²) in [5, 5.41) is 2.71. The molecule has 1 N–H and O–H groups in total. The molecule has 21 heavy (non-hydrogen) atoms. The lowest BCUT2D eigenvalue weighted by Crippen LogP contribution is -2.15. The second kappa shape index (κ2) is 6.90. The monoisotopic (exact) mass is 303 g/mol. The van der Waals surface area contributed by atoms with Gasteiger partial charge in [0.05, 0.1) is 18.4 Å². The Bertz CT molecular complexity index is 653. The molecular weight excluding hydrogens is 290 g/mol. The Morgan fingerprint density at radius 3 is 2.38 bits per heavy atom. The number of para-hydroxylation sites is 1. The quantitative estimate of drug-likeness (QED) is 0.695. The highest BCUT2D eigenvalue weighted by molar-refractivity contribution is 6.17. The first-order valence-electron chi connectivity index (χ1n) is 6.29. The first-order valence-corrected chi connectivity index (χ1v) is 6.82. The van der Waals surface area contributed by atoms with Crippen molar-refractivity contribution >= 4 is 29.2 Å². The van der Waals surface area contributed by atoms with Crippen molar-refractivity contribution < 1.29 is 14.3 Å². The van der Waals surface area contributed by atoms with Crippen LogP contribution < -0.4 is 5.32 Å². The molecule has 2 aromatic carbocycles. The van der Waals surface area contributed by atoms with Crippen molar-refractivity contribution in [3.05, 3.63) is 65.2 Å². The maximum absolute atomic E-state index is 12.2. The molecule has 4 nitrogen and oxygen atoms in total. The molecule has 0 saturated heterocycles. The van der Waals surface area contributed by atoms with Crippen LogP contribution in [0.2, 0.25) is 0 Å². The molecule has 2 rings (SSSR count). The summed E-state index contributed by atoms with van der Waals surface area (Å²) >= 11 is 5.71. The summed E-state index contributed by atoms with van der Waals surface area (Å²) in [7, 11) is 1.30. The van der Waals surface area contributed by atoms with Crippen molar-refractivity contribution in [2.24, 2.45) is 0 Å². The van der Waals surface area contributed by atoms with Crippen molar-refractivity contribution in [2.45, 2.75) is 5.88 Å². The predicted molar refractivity (Wildman–Crippen MR) is 81.7 cm³/mol. The Hall–Kier alpha value is -2.33. The Morgan fingerprint density at radius 1 is 1.10 bits per heavy atom. The van der Waals surface area contributed by atoms with Gasteiger partial charge in [0.1, 0.15) is 0 Å². The van der Waals surface area contributed by atoms with Crippen LogP contribution in [0.5, 0.6) is 0 Å². The van der Waals surface area contributed by atoms with E-state index in [0.717, 1.165) is 5.56 Å². The van der Waals surface area contributed by atoms with Gasteiger partial charge in [0.25, 0.3) is 5.91 Å². The van der Waals surface area contributed by atoms with Gasteiger partial charge in [0, 0.05) is 11.4 Å². The molecule has 5 heteroatoms. The van der Waals surface area contributed by atoms with E-state index < -0.39 is 5.97 Å².